The van der Waals surface area contributed by atoms with Crippen molar-refractivity contribution in [2.24, 2.45) is 0 Å². The topological polar surface area (TPSA) is 257 Å². The van der Waals surface area contributed by atoms with Crippen molar-refractivity contribution in [3.05, 3.63) is 144 Å². The van der Waals surface area contributed by atoms with Crippen molar-refractivity contribution in [2.75, 3.05) is 66.8 Å². The summed E-state index contributed by atoms with van der Waals surface area (Å²) in [6.07, 6.45) is 3.58. The zero-order valence-corrected chi connectivity index (χ0v) is 46.5. The standard InChI is InChI=1S/C31H43BN4O7.C27H36BN3O7/c1-40-19-9-15-28(32-35(17-20-42-32)18-21-43-32)34-29(37)27-14-8-16-36(27)30(38)26(22-24-10-4-2-5-11-24)33-31(39)41-23-25-12-6-3-7-13-25;1-37-17-9-15-24(28(35)36)30-25(32)23-14-8-16-31(23)26(33)22(18-20-10-4-2-5-11-20)29-27(34)38-19-21-12-6-3-7-13-21/h2-7,10-13,26-28,35H,8-9,14-23H2,1H3,(H,33,39)(H,34,37);2-7,10-13,22-24,35-36H,8-9,14-19H2,1H3,(H,29,34)(H,30,32)/t26-,27+,28+;22-,23+,24+/m00/s1. The summed E-state index contributed by atoms with van der Waals surface area (Å²) < 4.78 is 33.5. The van der Waals surface area contributed by atoms with Gasteiger partial charge >= 0.3 is 26.0 Å². The minimum atomic E-state index is -1.74. The van der Waals surface area contributed by atoms with Gasteiger partial charge in [0.15, 0.2) is 0 Å². The molecule has 436 valence electrons. The van der Waals surface area contributed by atoms with Gasteiger partial charge in [0.05, 0.1) is 32.2 Å². The van der Waals surface area contributed by atoms with E-state index in [1.165, 1.54) is 9.71 Å². The first-order valence-electron chi connectivity index (χ1n) is 28.2. The van der Waals surface area contributed by atoms with Gasteiger partial charge in [0.2, 0.25) is 23.6 Å². The molecular weight excluding hydrogens is 1040 g/mol. The van der Waals surface area contributed by atoms with Crippen LogP contribution in [0.25, 0.3) is 0 Å². The predicted molar refractivity (Wildman–Crippen MR) is 301 cm³/mol. The Labute approximate surface area is 474 Å². The second-order valence-electron chi connectivity index (χ2n) is 20.9. The monoisotopic (exact) mass is 1120 g/mol. The van der Waals surface area contributed by atoms with Crippen molar-refractivity contribution in [1.29, 1.82) is 0 Å². The highest BCUT2D eigenvalue weighted by atomic mass is 16.6. The van der Waals surface area contributed by atoms with Crippen molar-refractivity contribution in [3.63, 3.8) is 0 Å². The summed E-state index contributed by atoms with van der Waals surface area (Å²) in [7, 11) is 1.46. The number of hydrogen-bond acceptors (Lipinski definition) is 14. The van der Waals surface area contributed by atoms with E-state index in [0.717, 1.165) is 41.8 Å². The van der Waals surface area contributed by atoms with Gasteiger partial charge < -0.3 is 74.2 Å². The highest BCUT2D eigenvalue weighted by Gasteiger charge is 2.56. The molecule has 4 aliphatic rings. The van der Waals surface area contributed by atoms with Crippen LogP contribution in [0.1, 0.15) is 73.6 Å². The molecule has 21 nitrogen and oxygen atoms in total. The number of rotatable bonds is 26. The highest BCUT2D eigenvalue weighted by molar-refractivity contribution is 6.61. The molecule has 0 spiro atoms. The Morgan fingerprint density at radius 1 is 0.593 bits per heavy atom. The average molecular weight is 1120 g/mol. The number of carbonyl (C=O) groups is 6. The van der Waals surface area contributed by atoms with E-state index in [9.17, 15) is 38.8 Å². The van der Waals surface area contributed by atoms with Gasteiger partial charge in [0.25, 0.3) is 0 Å². The zero-order chi connectivity index (χ0) is 57.4. The number of quaternary nitrogens is 1. The molecule has 23 heteroatoms. The molecule has 4 aromatic rings. The molecule has 4 heterocycles. The van der Waals surface area contributed by atoms with Crippen LogP contribution in [0.3, 0.4) is 0 Å². The van der Waals surface area contributed by atoms with Crippen molar-refractivity contribution >= 4 is 49.6 Å². The minimum absolute atomic E-state index is 0.0572. The fraction of sp³-hybridized carbons (Fsp3) is 0.483. The fourth-order valence-electron chi connectivity index (χ4n) is 11.1. The zero-order valence-electron chi connectivity index (χ0n) is 46.5. The number of likely N-dealkylation sites (tertiary alicyclic amines) is 2. The first kappa shape index (κ1) is 61.8. The van der Waals surface area contributed by atoms with Crippen LogP contribution in [-0.4, -0.2) is 172 Å². The summed E-state index contributed by atoms with van der Waals surface area (Å²) in [6.45, 7) is 3.04. The van der Waals surface area contributed by atoms with E-state index in [1.54, 1.807) is 19.1 Å². The van der Waals surface area contributed by atoms with Gasteiger partial charge in [0.1, 0.15) is 37.4 Å². The van der Waals surface area contributed by atoms with Gasteiger partial charge in [-0.1, -0.05) is 128 Å². The first-order chi connectivity index (χ1) is 39.4. The highest BCUT2D eigenvalue weighted by Crippen LogP contribution is 2.24. The van der Waals surface area contributed by atoms with Crippen LogP contribution in [0.15, 0.2) is 121 Å². The predicted octanol–water partition coefficient (Wildman–Crippen LogP) is 2.29. The normalized spacial score (nSPS) is 20.6. The third-order valence-corrected chi connectivity index (χ3v) is 15.3. The number of alkyl carbamates (subject to hydrolysis) is 2. The SMILES string of the molecule is COCCC[C@@H](NC(=O)[C@H]1CCCN1C(=O)[C@H](Cc1ccccc1)NC(=O)OCc1ccccc1)B(O)O.COCCC[C@@H](NC(=O)[C@H]1CCCN1C(=O)[C@H](Cc1ccccc1)NC(=O)OCc1ccccc1)[B-]12OCC[NH+]1CCO2. The summed E-state index contributed by atoms with van der Waals surface area (Å²) in [5.74, 6) is -2.60. The Kier molecular flexibility index (Phi) is 24.4. The molecule has 4 aliphatic heterocycles. The van der Waals surface area contributed by atoms with Crippen LogP contribution in [-0.2, 0) is 73.5 Å². The molecule has 81 heavy (non-hydrogen) atoms. The smallest absolute Gasteiger partial charge is 0.492 e. The molecule has 0 radical (unpaired) electrons. The second kappa shape index (κ2) is 32.0. The summed E-state index contributed by atoms with van der Waals surface area (Å²) in [6, 6.07) is 34.1. The molecule has 4 fully saturated rings. The Bertz CT molecular complexity index is 2590. The van der Waals surface area contributed by atoms with E-state index in [0.29, 0.717) is 84.5 Å². The number of methoxy groups -OCH3 is 2. The largest absolute Gasteiger partial charge is 0.508 e. The first-order valence-corrected chi connectivity index (χ1v) is 28.2. The molecule has 0 saturated carbocycles. The van der Waals surface area contributed by atoms with Gasteiger partial charge in [-0.2, -0.15) is 0 Å². The molecule has 8 rings (SSSR count). The van der Waals surface area contributed by atoms with E-state index in [1.807, 2.05) is 121 Å². The molecule has 7 N–H and O–H groups in total. The van der Waals surface area contributed by atoms with Crippen LogP contribution in [0.4, 0.5) is 9.59 Å². The van der Waals surface area contributed by atoms with E-state index in [-0.39, 0.29) is 43.8 Å². The van der Waals surface area contributed by atoms with Crippen LogP contribution < -0.4 is 26.1 Å². The van der Waals surface area contributed by atoms with Gasteiger partial charge in [-0.3, -0.25) is 19.2 Å². The molecular formula is C58H79B2N7O14. The number of nitrogens with one attached hydrogen (secondary N) is 5. The molecule has 6 atom stereocenters. The van der Waals surface area contributed by atoms with Crippen molar-refractivity contribution in [3.8, 4) is 0 Å². The lowest BCUT2D eigenvalue weighted by atomic mass is 9.60. The van der Waals surface area contributed by atoms with E-state index in [4.69, 9.17) is 28.3 Å². The van der Waals surface area contributed by atoms with Crippen LogP contribution in [0.5, 0.6) is 0 Å². The van der Waals surface area contributed by atoms with E-state index in [2.05, 4.69) is 21.3 Å². The van der Waals surface area contributed by atoms with Gasteiger partial charge in [-0.25, -0.2) is 9.59 Å². The molecule has 0 unspecified atom stereocenters. The molecule has 4 saturated heterocycles. The Balaban J connectivity index is 0.000000236. The molecule has 0 bridgehead atoms. The van der Waals surface area contributed by atoms with Crippen LogP contribution in [0, 0.1) is 0 Å². The maximum absolute atomic E-state index is 14.0. The maximum atomic E-state index is 14.0. The summed E-state index contributed by atoms with van der Waals surface area (Å²) in [5.41, 5.74) is 3.40. The lowest BCUT2D eigenvalue weighted by molar-refractivity contribution is -0.785. The number of fused-ring (bicyclic) bond motifs is 1. The van der Waals surface area contributed by atoms with Crippen molar-refractivity contribution in [1.82, 2.24) is 31.1 Å². The molecule has 0 aromatic heterocycles. The Morgan fingerprint density at radius 3 is 1.42 bits per heavy atom. The van der Waals surface area contributed by atoms with E-state index < -0.39 is 67.9 Å². The lowest BCUT2D eigenvalue weighted by Gasteiger charge is -2.40. The number of carbonyl (C=O) groups excluding carboxylic acids is 6. The van der Waals surface area contributed by atoms with Crippen LogP contribution in [0.2, 0.25) is 0 Å². The third kappa shape index (κ3) is 18.1. The van der Waals surface area contributed by atoms with Crippen molar-refractivity contribution < 1.29 is 71.9 Å². The van der Waals surface area contributed by atoms with Crippen molar-refractivity contribution in [2.45, 2.75) is 113 Å². The van der Waals surface area contributed by atoms with E-state index >= 15 is 0 Å². The fourth-order valence-corrected chi connectivity index (χ4v) is 11.1. The summed E-state index contributed by atoms with van der Waals surface area (Å²) in [4.78, 5) is 84.4. The maximum Gasteiger partial charge on any atom is 0.492 e. The lowest BCUT2D eigenvalue weighted by Crippen LogP contribution is -3.21. The molecule has 0 aliphatic carbocycles. The Hall–Kier alpha value is -6.85. The van der Waals surface area contributed by atoms with Gasteiger partial charge in [0, 0.05) is 59.3 Å². The molecule has 4 aromatic carbocycles. The number of nitrogens with zero attached hydrogens (tertiary/aromatic N) is 2. The Morgan fingerprint density at radius 2 is 1.00 bits per heavy atom. The minimum Gasteiger partial charge on any atom is -0.508 e. The third-order valence-electron chi connectivity index (χ3n) is 15.3. The van der Waals surface area contributed by atoms with Crippen LogP contribution >= 0.6 is 0 Å². The number of ether oxygens (including phenoxy) is 4. The average Bonchev–Trinajstić information content (AvgIpc) is 4.41. The van der Waals surface area contributed by atoms with Gasteiger partial charge in [-0.15, -0.1) is 0 Å². The number of hydrogen-bond donors (Lipinski definition) is 7. The van der Waals surface area contributed by atoms with Gasteiger partial charge in [-0.05, 0) is 67.2 Å². The number of amides is 6. The summed E-state index contributed by atoms with van der Waals surface area (Å²) >= 11 is 0. The quantitative estimate of drug-likeness (QED) is 0.0352. The number of benzene rings is 4. The molecule has 6 amide bonds. The second-order valence-corrected chi connectivity index (χ2v) is 20.9. The summed E-state index contributed by atoms with van der Waals surface area (Å²) in [5, 5.41) is 30.8.